The minimum atomic E-state index is 0.0534. The van der Waals surface area contributed by atoms with Gasteiger partial charge in [0.05, 0.1) is 12.3 Å². The van der Waals surface area contributed by atoms with E-state index in [0.717, 1.165) is 24.2 Å². The standard InChI is InChI=1S/C24H27NO2/c1-19(22-12-7-4-8-13-22)25(20(2)26)16-15-23(24-14-9-17-27-24)18-21-10-5-3-6-11-21/h3-14,17,19,23H,15-16,18H2,1-2H3/t19-,23-/m1/s1. The molecule has 0 N–H and O–H groups in total. The summed E-state index contributed by atoms with van der Waals surface area (Å²) in [6.45, 7) is 4.44. The van der Waals surface area contributed by atoms with E-state index in [9.17, 15) is 4.79 Å². The van der Waals surface area contributed by atoms with Gasteiger partial charge in [-0.3, -0.25) is 4.79 Å². The lowest BCUT2D eigenvalue weighted by Gasteiger charge is -2.30. The molecule has 1 heterocycles. The van der Waals surface area contributed by atoms with Crippen molar-refractivity contribution in [2.24, 2.45) is 0 Å². The SMILES string of the molecule is CC(=O)N(CC[C@H](Cc1ccccc1)c1ccco1)[C@H](C)c1ccccc1. The summed E-state index contributed by atoms with van der Waals surface area (Å²) in [5, 5.41) is 0. The first-order chi connectivity index (χ1) is 13.1. The van der Waals surface area contributed by atoms with Gasteiger partial charge in [-0.1, -0.05) is 60.7 Å². The predicted molar refractivity (Wildman–Crippen MR) is 108 cm³/mol. The average molecular weight is 361 g/mol. The van der Waals surface area contributed by atoms with Gasteiger partial charge in [0.25, 0.3) is 0 Å². The largest absolute Gasteiger partial charge is 0.469 e. The topological polar surface area (TPSA) is 33.5 Å². The van der Waals surface area contributed by atoms with E-state index in [1.807, 2.05) is 41.3 Å². The zero-order valence-electron chi connectivity index (χ0n) is 16.0. The Hall–Kier alpha value is -2.81. The molecule has 27 heavy (non-hydrogen) atoms. The second-order valence-electron chi connectivity index (χ2n) is 6.99. The quantitative estimate of drug-likeness (QED) is 0.523. The van der Waals surface area contributed by atoms with Crippen molar-refractivity contribution in [2.45, 2.75) is 38.6 Å². The minimum Gasteiger partial charge on any atom is -0.469 e. The van der Waals surface area contributed by atoms with Gasteiger partial charge >= 0.3 is 0 Å². The number of hydrogen-bond acceptors (Lipinski definition) is 2. The van der Waals surface area contributed by atoms with E-state index < -0.39 is 0 Å². The lowest BCUT2D eigenvalue weighted by molar-refractivity contribution is -0.131. The van der Waals surface area contributed by atoms with E-state index in [0.29, 0.717) is 6.54 Å². The van der Waals surface area contributed by atoms with Crippen molar-refractivity contribution in [3.05, 3.63) is 95.9 Å². The summed E-state index contributed by atoms with van der Waals surface area (Å²) in [6.07, 6.45) is 3.49. The van der Waals surface area contributed by atoms with Crippen LogP contribution in [0.5, 0.6) is 0 Å². The highest BCUT2D eigenvalue weighted by atomic mass is 16.3. The van der Waals surface area contributed by atoms with E-state index in [4.69, 9.17) is 4.42 Å². The molecule has 0 spiro atoms. The number of rotatable bonds is 8. The second kappa shape index (κ2) is 9.22. The van der Waals surface area contributed by atoms with Crippen LogP contribution in [0.15, 0.2) is 83.5 Å². The van der Waals surface area contributed by atoms with Crippen LogP contribution in [0.2, 0.25) is 0 Å². The van der Waals surface area contributed by atoms with Crippen molar-refractivity contribution in [3.8, 4) is 0 Å². The molecule has 0 aliphatic rings. The van der Waals surface area contributed by atoms with Crippen LogP contribution >= 0.6 is 0 Å². The van der Waals surface area contributed by atoms with Gasteiger partial charge in [-0.25, -0.2) is 0 Å². The molecule has 3 heteroatoms. The Morgan fingerprint density at radius 1 is 0.963 bits per heavy atom. The third-order valence-corrected chi connectivity index (χ3v) is 5.14. The highest BCUT2D eigenvalue weighted by Crippen LogP contribution is 2.28. The summed E-state index contributed by atoms with van der Waals surface area (Å²) in [7, 11) is 0. The van der Waals surface area contributed by atoms with E-state index in [1.54, 1.807) is 13.2 Å². The number of benzene rings is 2. The molecule has 0 bridgehead atoms. The van der Waals surface area contributed by atoms with Crippen LogP contribution in [-0.2, 0) is 11.2 Å². The normalized spacial score (nSPS) is 13.1. The summed E-state index contributed by atoms with van der Waals surface area (Å²) in [5.41, 5.74) is 2.44. The molecule has 0 aliphatic carbocycles. The molecule has 3 aromatic rings. The number of nitrogens with zero attached hydrogens (tertiary/aromatic N) is 1. The maximum Gasteiger partial charge on any atom is 0.219 e. The molecule has 0 fully saturated rings. The third-order valence-electron chi connectivity index (χ3n) is 5.14. The molecule has 1 amide bonds. The van der Waals surface area contributed by atoms with Gasteiger partial charge in [-0.15, -0.1) is 0 Å². The minimum absolute atomic E-state index is 0.0534. The fourth-order valence-electron chi connectivity index (χ4n) is 3.60. The van der Waals surface area contributed by atoms with Gasteiger partial charge in [0.1, 0.15) is 5.76 Å². The number of furan rings is 1. The fourth-order valence-corrected chi connectivity index (χ4v) is 3.60. The van der Waals surface area contributed by atoms with E-state index in [1.165, 1.54) is 5.56 Å². The Morgan fingerprint density at radius 2 is 1.63 bits per heavy atom. The van der Waals surface area contributed by atoms with Gasteiger partial charge in [0, 0.05) is 19.4 Å². The predicted octanol–water partition coefficient (Wildman–Crippen LogP) is 5.61. The van der Waals surface area contributed by atoms with Gasteiger partial charge in [-0.2, -0.15) is 0 Å². The highest BCUT2D eigenvalue weighted by Gasteiger charge is 2.22. The highest BCUT2D eigenvalue weighted by molar-refractivity contribution is 5.73. The summed E-state index contributed by atoms with van der Waals surface area (Å²) in [6, 6.07) is 24.7. The van der Waals surface area contributed by atoms with Crippen molar-refractivity contribution in [1.82, 2.24) is 4.90 Å². The molecule has 0 aliphatic heterocycles. The Bertz CT molecular complexity index is 812. The van der Waals surface area contributed by atoms with Crippen molar-refractivity contribution in [3.63, 3.8) is 0 Å². The molecule has 3 nitrogen and oxygen atoms in total. The molecule has 1 aromatic heterocycles. The van der Waals surface area contributed by atoms with Crippen molar-refractivity contribution < 1.29 is 9.21 Å². The maximum atomic E-state index is 12.3. The Labute approximate surface area is 161 Å². The first-order valence-electron chi connectivity index (χ1n) is 9.54. The lowest BCUT2D eigenvalue weighted by Crippen LogP contribution is -2.33. The third kappa shape index (κ3) is 5.10. The van der Waals surface area contributed by atoms with Crippen LogP contribution in [0.3, 0.4) is 0 Å². The van der Waals surface area contributed by atoms with Crippen LogP contribution in [0, 0.1) is 0 Å². The summed E-state index contributed by atoms with van der Waals surface area (Å²) in [4.78, 5) is 14.3. The molecule has 0 saturated carbocycles. The van der Waals surface area contributed by atoms with Gasteiger partial charge < -0.3 is 9.32 Å². The summed E-state index contributed by atoms with van der Waals surface area (Å²) >= 11 is 0. The molecule has 0 radical (unpaired) electrons. The Morgan fingerprint density at radius 3 is 2.22 bits per heavy atom. The number of carbonyl (C=O) groups excluding carboxylic acids is 1. The molecule has 140 valence electrons. The molecule has 3 rings (SSSR count). The number of hydrogen-bond donors (Lipinski definition) is 0. The number of amides is 1. The number of carbonyl (C=O) groups is 1. The second-order valence-corrected chi connectivity index (χ2v) is 6.99. The average Bonchev–Trinajstić information content (AvgIpc) is 3.23. The zero-order chi connectivity index (χ0) is 19.1. The maximum absolute atomic E-state index is 12.3. The van der Waals surface area contributed by atoms with Gasteiger partial charge in [0.2, 0.25) is 5.91 Å². The Kier molecular flexibility index (Phi) is 6.48. The monoisotopic (exact) mass is 361 g/mol. The van der Waals surface area contributed by atoms with E-state index in [-0.39, 0.29) is 17.9 Å². The van der Waals surface area contributed by atoms with Gasteiger partial charge in [0.15, 0.2) is 0 Å². The first-order valence-corrected chi connectivity index (χ1v) is 9.54. The van der Waals surface area contributed by atoms with E-state index >= 15 is 0 Å². The molecule has 0 unspecified atom stereocenters. The molecule has 2 aromatic carbocycles. The van der Waals surface area contributed by atoms with Crippen LogP contribution < -0.4 is 0 Å². The smallest absolute Gasteiger partial charge is 0.219 e. The van der Waals surface area contributed by atoms with Crippen molar-refractivity contribution in [1.29, 1.82) is 0 Å². The fraction of sp³-hybridized carbons (Fsp3) is 0.292. The molecule has 2 atom stereocenters. The summed E-state index contributed by atoms with van der Waals surface area (Å²) < 4.78 is 5.70. The molecule has 0 saturated heterocycles. The van der Waals surface area contributed by atoms with Crippen LogP contribution in [-0.4, -0.2) is 17.4 Å². The van der Waals surface area contributed by atoms with Crippen LogP contribution in [0.4, 0.5) is 0 Å². The van der Waals surface area contributed by atoms with Crippen molar-refractivity contribution in [2.75, 3.05) is 6.54 Å². The molecular formula is C24H27NO2. The van der Waals surface area contributed by atoms with E-state index in [2.05, 4.69) is 43.3 Å². The summed E-state index contributed by atoms with van der Waals surface area (Å²) in [5.74, 6) is 1.33. The van der Waals surface area contributed by atoms with Crippen LogP contribution in [0.25, 0.3) is 0 Å². The molecular weight excluding hydrogens is 334 g/mol. The lowest BCUT2D eigenvalue weighted by atomic mass is 9.93. The zero-order valence-corrected chi connectivity index (χ0v) is 16.0. The Balaban J connectivity index is 1.73. The van der Waals surface area contributed by atoms with Crippen LogP contribution in [0.1, 0.15) is 49.1 Å². The van der Waals surface area contributed by atoms with Crippen molar-refractivity contribution >= 4 is 5.91 Å². The first kappa shape index (κ1) is 19.0. The van der Waals surface area contributed by atoms with Gasteiger partial charge in [-0.05, 0) is 43.0 Å².